The minimum Gasteiger partial charge on any atom is -0.278 e. The lowest BCUT2D eigenvalue weighted by Crippen LogP contribution is -2.15. The van der Waals surface area contributed by atoms with Crippen molar-refractivity contribution in [3.05, 3.63) is 57.5 Å². The Morgan fingerprint density at radius 3 is 2.27 bits per heavy atom. The van der Waals surface area contributed by atoms with Gasteiger partial charge in [-0.15, -0.1) is 0 Å². The Hall–Kier alpha value is -1.04. The molecule has 1 N–H and O–H groups in total. The van der Waals surface area contributed by atoms with Crippen molar-refractivity contribution in [3.63, 3.8) is 0 Å². The van der Waals surface area contributed by atoms with Gasteiger partial charge in [0.2, 0.25) is 0 Å². The van der Waals surface area contributed by atoms with E-state index in [2.05, 4.69) is 41.4 Å². The van der Waals surface area contributed by atoms with Crippen molar-refractivity contribution in [2.24, 2.45) is 0 Å². The third kappa shape index (κ3) is 3.83. The molecule has 0 bridgehead atoms. The number of hydrogen-bond donors (Lipinski definition) is 1. The quantitative estimate of drug-likeness (QED) is 0.767. The highest BCUT2D eigenvalue weighted by molar-refractivity contribution is 9.10. The van der Waals surface area contributed by atoms with Gasteiger partial charge in [-0.1, -0.05) is 50.6 Å². The first-order chi connectivity index (χ1) is 10.1. The second-order valence-electron chi connectivity index (χ2n) is 5.98. The molecule has 0 saturated carbocycles. The highest BCUT2D eigenvalue weighted by Gasteiger charge is 2.20. The summed E-state index contributed by atoms with van der Waals surface area (Å²) in [6.07, 6.45) is 0. The maximum absolute atomic E-state index is 12.5. The SMILES string of the molecule is CC(C)(C)c1ccc(NS(=O)(=O)c2ccccc2Br)c(Cl)c1. The van der Waals surface area contributed by atoms with E-state index in [4.69, 9.17) is 11.6 Å². The van der Waals surface area contributed by atoms with Gasteiger partial charge in [-0.25, -0.2) is 8.42 Å². The van der Waals surface area contributed by atoms with Crippen LogP contribution in [0.4, 0.5) is 5.69 Å². The number of benzene rings is 2. The predicted molar refractivity (Wildman–Crippen MR) is 95.1 cm³/mol. The fourth-order valence-corrected chi connectivity index (χ4v) is 4.29. The van der Waals surface area contributed by atoms with Crippen LogP contribution in [0, 0.1) is 0 Å². The molecule has 0 spiro atoms. The van der Waals surface area contributed by atoms with E-state index in [1.165, 1.54) is 6.07 Å². The van der Waals surface area contributed by atoms with Crippen LogP contribution in [0.25, 0.3) is 0 Å². The van der Waals surface area contributed by atoms with Crippen molar-refractivity contribution in [3.8, 4) is 0 Å². The summed E-state index contributed by atoms with van der Waals surface area (Å²) in [5.41, 5.74) is 1.36. The Kier molecular flexibility index (Phi) is 4.90. The van der Waals surface area contributed by atoms with Crippen molar-refractivity contribution in [2.75, 3.05) is 4.72 Å². The van der Waals surface area contributed by atoms with Crippen molar-refractivity contribution < 1.29 is 8.42 Å². The van der Waals surface area contributed by atoms with Crippen LogP contribution in [0.1, 0.15) is 26.3 Å². The van der Waals surface area contributed by atoms with Gasteiger partial charge in [-0.05, 0) is 51.2 Å². The van der Waals surface area contributed by atoms with Gasteiger partial charge in [0.15, 0.2) is 0 Å². The van der Waals surface area contributed by atoms with Gasteiger partial charge in [-0.2, -0.15) is 0 Å². The standard InChI is InChI=1S/C16H17BrClNO2S/c1-16(2,3)11-8-9-14(13(18)10-11)19-22(20,21)15-7-5-4-6-12(15)17/h4-10,19H,1-3H3. The van der Waals surface area contributed by atoms with Crippen molar-refractivity contribution >= 4 is 43.2 Å². The maximum atomic E-state index is 12.5. The second-order valence-corrected chi connectivity index (χ2v) is 8.89. The number of rotatable bonds is 3. The molecule has 0 unspecified atom stereocenters. The Morgan fingerprint density at radius 2 is 1.73 bits per heavy atom. The van der Waals surface area contributed by atoms with Crippen LogP contribution in [0.5, 0.6) is 0 Å². The van der Waals surface area contributed by atoms with Crippen LogP contribution in [-0.4, -0.2) is 8.42 Å². The van der Waals surface area contributed by atoms with Gasteiger partial charge < -0.3 is 0 Å². The summed E-state index contributed by atoms with van der Waals surface area (Å²) in [6.45, 7) is 6.22. The molecule has 0 saturated heterocycles. The first kappa shape index (κ1) is 17.3. The maximum Gasteiger partial charge on any atom is 0.263 e. The lowest BCUT2D eigenvalue weighted by atomic mass is 9.87. The fraction of sp³-hybridized carbons (Fsp3) is 0.250. The molecule has 0 heterocycles. The van der Waals surface area contributed by atoms with Crippen LogP contribution in [-0.2, 0) is 15.4 Å². The van der Waals surface area contributed by atoms with E-state index in [1.807, 2.05) is 6.07 Å². The van der Waals surface area contributed by atoms with Crippen molar-refractivity contribution in [2.45, 2.75) is 31.1 Å². The zero-order valence-corrected chi connectivity index (χ0v) is 15.7. The number of anilines is 1. The van der Waals surface area contributed by atoms with E-state index < -0.39 is 10.0 Å². The van der Waals surface area contributed by atoms with E-state index >= 15 is 0 Å². The molecular formula is C16H17BrClNO2S. The van der Waals surface area contributed by atoms with Gasteiger partial charge in [0, 0.05) is 4.47 Å². The second kappa shape index (κ2) is 6.22. The van der Waals surface area contributed by atoms with E-state index in [0.29, 0.717) is 15.2 Å². The summed E-state index contributed by atoms with van der Waals surface area (Å²) >= 11 is 9.48. The first-order valence-corrected chi connectivity index (χ1v) is 9.34. The largest absolute Gasteiger partial charge is 0.278 e. The topological polar surface area (TPSA) is 46.2 Å². The van der Waals surface area contributed by atoms with Gasteiger partial charge in [0.25, 0.3) is 10.0 Å². The molecule has 118 valence electrons. The summed E-state index contributed by atoms with van der Waals surface area (Å²) in [5, 5.41) is 0.378. The number of sulfonamides is 1. The van der Waals surface area contributed by atoms with Crippen LogP contribution in [0.2, 0.25) is 5.02 Å². The van der Waals surface area contributed by atoms with E-state index in [1.54, 1.807) is 30.3 Å². The smallest absolute Gasteiger partial charge is 0.263 e. The summed E-state index contributed by atoms with van der Waals surface area (Å²) in [7, 11) is -3.70. The molecular weight excluding hydrogens is 386 g/mol. The molecule has 0 aliphatic carbocycles. The molecule has 0 aromatic heterocycles. The predicted octanol–water partition coefficient (Wildman–Crippen LogP) is 5.20. The van der Waals surface area contributed by atoms with Crippen molar-refractivity contribution in [1.29, 1.82) is 0 Å². The van der Waals surface area contributed by atoms with E-state index in [0.717, 1.165) is 5.56 Å². The third-order valence-electron chi connectivity index (χ3n) is 3.21. The molecule has 0 radical (unpaired) electrons. The Bertz CT molecular complexity index is 798. The third-order valence-corrected chi connectivity index (χ3v) is 5.90. The van der Waals surface area contributed by atoms with E-state index in [-0.39, 0.29) is 10.3 Å². The monoisotopic (exact) mass is 401 g/mol. The van der Waals surface area contributed by atoms with Crippen molar-refractivity contribution in [1.82, 2.24) is 0 Å². The minimum absolute atomic E-state index is 0.0521. The number of hydrogen-bond acceptors (Lipinski definition) is 2. The zero-order valence-electron chi connectivity index (χ0n) is 12.5. The summed E-state index contributed by atoms with van der Waals surface area (Å²) in [6, 6.07) is 12.0. The zero-order chi connectivity index (χ0) is 16.5. The van der Waals surface area contributed by atoms with Gasteiger partial charge >= 0.3 is 0 Å². The number of nitrogens with one attached hydrogen (secondary N) is 1. The highest BCUT2D eigenvalue weighted by atomic mass is 79.9. The summed E-state index contributed by atoms with van der Waals surface area (Å²) < 4.78 is 28.0. The van der Waals surface area contributed by atoms with Crippen LogP contribution < -0.4 is 4.72 Å². The van der Waals surface area contributed by atoms with E-state index in [9.17, 15) is 8.42 Å². The van der Waals surface area contributed by atoms with Crippen LogP contribution in [0.3, 0.4) is 0 Å². The first-order valence-electron chi connectivity index (χ1n) is 6.68. The molecule has 2 rings (SSSR count). The minimum atomic E-state index is -3.70. The molecule has 0 fully saturated rings. The Balaban J connectivity index is 2.37. The summed E-state index contributed by atoms with van der Waals surface area (Å²) in [5.74, 6) is 0. The lowest BCUT2D eigenvalue weighted by molar-refractivity contribution is 0.590. The Labute approximate surface area is 144 Å². The average Bonchev–Trinajstić information content (AvgIpc) is 2.40. The molecule has 0 aliphatic rings. The van der Waals surface area contributed by atoms with Gasteiger partial charge in [0.05, 0.1) is 10.7 Å². The molecule has 3 nitrogen and oxygen atoms in total. The molecule has 22 heavy (non-hydrogen) atoms. The average molecular weight is 403 g/mol. The van der Waals surface area contributed by atoms with Crippen LogP contribution >= 0.6 is 27.5 Å². The Morgan fingerprint density at radius 1 is 1.09 bits per heavy atom. The normalized spacial score (nSPS) is 12.2. The van der Waals surface area contributed by atoms with Gasteiger partial charge in [-0.3, -0.25) is 4.72 Å². The van der Waals surface area contributed by atoms with Gasteiger partial charge in [0.1, 0.15) is 4.90 Å². The molecule has 2 aromatic carbocycles. The summed E-state index contributed by atoms with van der Waals surface area (Å²) in [4.78, 5) is 0.172. The molecule has 0 aliphatic heterocycles. The molecule has 6 heteroatoms. The fourth-order valence-electron chi connectivity index (χ4n) is 1.93. The lowest BCUT2D eigenvalue weighted by Gasteiger charge is -2.20. The molecule has 0 atom stereocenters. The molecule has 2 aromatic rings. The highest BCUT2D eigenvalue weighted by Crippen LogP contribution is 2.32. The number of halogens is 2. The van der Waals surface area contributed by atoms with Crippen LogP contribution in [0.15, 0.2) is 51.8 Å². The molecule has 0 amide bonds.